The third kappa shape index (κ3) is 1.23. The van der Waals surface area contributed by atoms with E-state index in [4.69, 9.17) is 5.11 Å². The Balaban J connectivity index is 1.96. The van der Waals surface area contributed by atoms with Crippen molar-refractivity contribution in [2.45, 2.75) is 31.1 Å². The van der Waals surface area contributed by atoms with Crippen LogP contribution in [0.5, 0.6) is 0 Å². The van der Waals surface area contributed by atoms with Crippen molar-refractivity contribution in [3.05, 3.63) is 35.2 Å². The molecule has 1 fully saturated rings. The Morgan fingerprint density at radius 2 is 1.78 bits per heavy atom. The number of carboxylic acid groups (broad SMARTS) is 1. The molecule has 1 aromatic carbocycles. The SMILES string of the molecule is O=C(O)c1ccc2nc3c(nc2c1)[C@@H]1CC[C@@H]3C1. The topological polar surface area (TPSA) is 63.1 Å². The van der Waals surface area contributed by atoms with Gasteiger partial charge in [-0.05, 0) is 37.5 Å². The van der Waals surface area contributed by atoms with Crippen LogP contribution in [0.25, 0.3) is 11.0 Å². The molecule has 0 aliphatic heterocycles. The Bertz CT molecular complexity index is 681. The summed E-state index contributed by atoms with van der Waals surface area (Å²) in [4.78, 5) is 20.3. The van der Waals surface area contributed by atoms with Gasteiger partial charge in [0.1, 0.15) is 0 Å². The molecule has 18 heavy (non-hydrogen) atoms. The van der Waals surface area contributed by atoms with Gasteiger partial charge in [0.05, 0.1) is 28.0 Å². The van der Waals surface area contributed by atoms with Crippen molar-refractivity contribution in [3.8, 4) is 0 Å². The second-order valence-corrected chi connectivity index (χ2v) is 5.21. The molecule has 0 radical (unpaired) electrons. The highest BCUT2D eigenvalue weighted by Gasteiger charge is 2.39. The fourth-order valence-corrected chi connectivity index (χ4v) is 3.29. The zero-order valence-corrected chi connectivity index (χ0v) is 9.76. The van der Waals surface area contributed by atoms with E-state index in [1.165, 1.54) is 19.3 Å². The number of nitrogens with zero attached hydrogens (tertiary/aromatic N) is 2. The minimum Gasteiger partial charge on any atom is -0.478 e. The van der Waals surface area contributed by atoms with E-state index in [0.717, 1.165) is 16.9 Å². The van der Waals surface area contributed by atoms with Crippen LogP contribution in [-0.4, -0.2) is 21.0 Å². The number of aromatic carboxylic acids is 1. The number of fused-ring (bicyclic) bond motifs is 6. The lowest BCUT2D eigenvalue weighted by atomic mass is 10.00. The van der Waals surface area contributed by atoms with E-state index in [1.807, 2.05) is 0 Å². The maximum atomic E-state index is 11.0. The summed E-state index contributed by atoms with van der Waals surface area (Å²) in [5.41, 5.74) is 4.07. The quantitative estimate of drug-likeness (QED) is 0.832. The summed E-state index contributed by atoms with van der Waals surface area (Å²) >= 11 is 0. The molecule has 2 bridgehead atoms. The monoisotopic (exact) mass is 240 g/mol. The van der Waals surface area contributed by atoms with Gasteiger partial charge in [-0.25, -0.2) is 14.8 Å². The Labute approximate surface area is 104 Å². The van der Waals surface area contributed by atoms with Crippen molar-refractivity contribution < 1.29 is 9.90 Å². The van der Waals surface area contributed by atoms with Crippen LogP contribution in [-0.2, 0) is 0 Å². The zero-order valence-electron chi connectivity index (χ0n) is 9.76. The molecule has 0 spiro atoms. The molecule has 0 amide bonds. The van der Waals surface area contributed by atoms with Gasteiger partial charge in [0, 0.05) is 11.8 Å². The van der Waals surface area contributed by atoms with E-state index >= 15 is 0 Å². The number of aromatic nitrogens is 2. The van der Waals surface area contributed by atoms with Crippen LogP contribution in [0, 0.1) is 0 Å². The molecule has 1 N–H and O–H groups in total. The van der Waals surface area contributed by atoms with Gasteiger partial charge in [-0.15, -0.1) is 0 Å². The fourth-order valence-electron chi connectivity index (χ4n) is 3.29. The van der Waals surface area contributed by atoms with Crippen molar-refractivity contribution in [1.82, 2.24) is 9.97 Å². The molecular formula is C14H12N2O2. The van der Waals surface area contributed by atoms with Gasteiger partial charge in [-0.2, -0.15) is 0 Å². The second kappa shape index (κ2) is 3.28. The Morgan fingerprint density at radius 3 is 2.44 bits per heavy atom. The average molecular weight is 240 g/mol. The van der Waals surface area contributed by atoms with Crippen LogP contribution in [0.3, 0.4) is 0 Å². The Kier molecular flexibility index (Phi) is 1.82. The van der Waals surface area contributed by atoms with Gasteiger partial charge in [-0.1, -0.05) is 0 Å². The molecule has 4 heteroatoms. The first-order valence-corrected chi connectivity index (χ1v) is 6.27. The number of benzene rings is 1. The maximum absolute atomic E-state index is 11.0. The molecule has 0 saturated heterocycles. The van der Waals surface area contributed by atoms with Gasteiger partial charge in [0.25, 0.3) is 0 Å². The number of rotatable bonds is 1. The van der Waals surface area contributed by atoms with E-state index in [1.54, 1.807) is 18.2 Å². The molecule has 1 saturated carbocycles. The molecular weight excluding hydrogens is 228 g/mol. The molecule has 4 nitrogen and oxygen atoms in total. The number of carbonyl (C=O) groups is 1. The molecule has 1 aromatic heterocycles. The first-order valence-electron chi connectivity index (χ1n) is 6.27. The number of carboxylic acids is 1. The highest BCUT2D eigenvalue weighted by molar-refractivity contribution is 5.92. The summed E-state index contributed by atoms with van der Waals surface area (Å²) in [6.45, 7) is 0. The third-order valence-corrected chi connectivity index (χ3v) is 4.17. The van der Waals surface area contributed by atoms with Crippen LogP contribution >= 0.6 is 0 Å². The molecule has 2 aliphatic rings. The lowest BCUT2D eigenvalue weighted by Crippen LogP contribution is -2.05. The molecule has 4 rings (SSSR count). The molecule has 2 aliphatic carbocycles. The lowest BCUT2D eigenvalue weighted by Gasteiger charge is -2.13. The highest BCUT2D eigenvalue weighted by atomic mass is 16.4. The average Bonchev–Trinajstić information content (AvgIpc) is 2.97. The first-order chi connectivity index (χ1) is 8.72. The van der Waals surface area contributed by atoms with Gasteiger partial charge < -0.3 is 5.11 Å². The van der Waals surface area contributed by atoms with E-state index in [0.29, 0.717) is 17.4 Å². The molecule has 1 heterocycles. The zero-order chi connectivity index (χ0) is 12.3. The smallest absolute Gasteiger partial charge is 0.335 e. The largest absolute Gasteiger partial charge is 0.478 e. The van der Waals surface area contributed by atoms with Crippen molar-refractivity contribution in [3.63, 3.8) is 0 Å². The summed E-state index contributed by atoms with van der Waals surface area (Å²) in [5.74, 6) is 0.220. The van der Waals surface area contributed by atoms with Crippen LogP contribution in [0.15, 0.2) is 18.2 Å². The summed E-state index contributed by atoms with van der Waals surface area (Å²) < 4.78 is 0. The minimum absolute atomic E-state index is 0.278. The van der Waals surface area contributed by atoms with Gasteiger partial charge >= 0.3 is 5.97 Å². The molecule has 90 valence electrons. The fraction of sp³-hybridized carbons (Fsp3) is 0.357. The minimum atomic E-state index is -0.916. The predicted molar refractivity (Wildman–Crippen MR) is 65.8 cm³/mol. The lowest BCUT2D eigenvalue weighted by molar-refractivity contribution is 0.0697. The van der Waals surface area contributed by atoms with E-state index in [9.17, 15) is 4.79 Å². The van der Waals surface area contributed by atoms with E-state index in [-0.39, 0.29) is 5.56 Å². The van der Waals surface area contributed by atoms with Crippen molar-refractivity contribution in [1.29, 1.82) is 0 Å². The van der Waals surface area contributed by atoms with Crippen LogP contribution in [0.1, 0.15) is 52.8 Å². The Morgan fingerprint density at radius 1 is 1.11 bits per heavy atom. The molecule has 2 aromatic rings. The van der Waals surface area contributed by atoms with Crippen LogP contribution in [0.2, 0.25) is 0 Å². The van der Waals surface area contributed by atoms with Crippen molar-refractivity contribution in [2.24, 2.45) is 0 Å². The van der Waals surface area contributed by atoms with Crippen molar-refractivity contribution >= 4 is 17.0 Å². The third-order valence-electron chi connectivity index (χ3n) is 4.17. The second-order valence-electron chi connectivity index (χ2n) is 5.21. The van der Waals surface area contributed by atoms with Crippen LogP contribution < -0.4 is 0 Å². The van der Waals surface area contributed by atoms with E-state index in [2.05, 4.69) is 9.97 Å². The summed E-state index contributed by atoms with van der Waals surface area (Å²) in [5, 5.41) is 8.99. The summed E-state index contributed by atoms with van der Waals surface area (Å²) in [6.07, 6.45) is 3.61. The molecule has 2 atom stereocenters. The maximum Gasteiger partial charge on any atom is 0.335 e. The normalized spacial score (nSPS) is 24.4. The summed E-state index contributed by atoms with van der Waals surface area (Å²) in [6, 6.07) is 4.98. The molecule has 0 unspecified atom stereocenters. The first kappa shape index (κ1) is 10.00. The van der Waals surface area contributed by atoms with Gasteiger partial charge in [-0.3, -0.25) is 0 Å². The van der Waals surface area contributed by atoms with Gasteiger partial charge in [0.15, 0.2) is 0 Å². The number of hydrogen-bond donors (Lipinski definition) is 1. The summed E-state index contributed by atoms with van der Waals surface area (Å²) in [7, 11) is 0. The van der Waals surface area contributed by atoms with Crippen LogP contribution in [0.4, 0.5) is 0 Å². The Hall–Kier alpha value is -1.97. The number of hydrogen-bond acceptors (Lipinski definition) is 3. The predicted octanol–water partition coefficient (Wildman–Crippen LogP) is 2.69. The van der Waals surface area contributed by atoms with E-state index < -0.39 is 5.97 Å². The standard InChI is InChI=1S/C14H12N2O2/c17-14(18)9-3-4-10-11(6-9)16-13-8-2-1-7(5-8)12(13)15-10/h3-4,6-8H,1-2,5H2,(H,17,18)/t7-,8-/m1/s1. The van der Waals surface area contributed by atoms with Gasteiger partial charge in [0.2, 0.25) is 0 Å². The van der Waals surface area contributed by atoms with Crippen molar-refractivity contribution in [2.75, 3.05) is 0 Å². The highest BCUT2D eigenvalue weighted by Crippen LogP contribution is 2.51.